The first-order valence-corrected chi connectivity index (χ1v) is 10.5. The second kappa shape index (κ2) is 6.31. The number of carbonyl (C=O) groups is 1. The molecule has 2 aromatic carbocycles. The molecule has 3 aliphatic rings. The van der Waals surface area contributed by atoms with Crippen molar-refractivity contribution in [2.45, 2.75) is 30.4 Å². The average molecular weight is 417 g/mol. The molecular weight excluding hydrogens is 394 g/mol. The molecule has 158 valence electrons. The number of fused-ring (bicyclic) bond motifs is 3. The molecule has 0 saturated carbocycles. The molecule has 3 aromatic rings. The molecule has 0 aliphatic carbocycles. The zero-order valence-corrected chi connectivity index (χ0v) is 17.2. The van der Waals surface area contributed by atoms with Crippen LogP contribution in [0.3, 0.4) is 0 Å². The van der Waals surface area contributed by atoms with Crippen LogP contribution in [0.1, 0.15) is 24.8 Å². The Balaban J connectivity index is 1.52. The number of ether oxygens (including phenoxy) is 2. The number of hydrogen-bond donors (Lipinski definition) is 2. The van der Waals surface area contributed by atoms with Crippen LogP contribution in [0, 0.1) is 0 Å². The maximum atomic E-state index is 13.5. The van der Waals surface area contributed by atoms with Crippen molar-refractivity contribution in [2.24, 2.45) is 10.7 Å². The summed E-state index contributed by atoms with van der Waals surface area (Å²) in [5.74, 6) is 0.776. The van der Waals surface area contributed by atoms with Gasteiger partial charge in [-0.3, -0.25) is 14.8 Å². The third kappa shape index (κ3) is 2.61. The molecule has 8 nitrogen and oxygen atoms in total. The lowest BCUT2D eigenvalue weighted by molar-refractivity contribution is -0.139. The largest absolute Gasteiger partial charge is 0.484 e. The van der Waals surface area contributed by atoms with Crippen molar-refractivity contribution in [1.82, 2.24) is 15.1 Å². The number of amides is 1. The van der Waals surface area contributed by atoms with E-state index in [2.05, 4.69) is 16.3 Å². The van der Waals surface area contributed by atoms with Crippen LogP contribution in [-0.4, -0.2) is 52.8 Å². The van der Waals surface area contributed by atoms with Gasteiger partial charge in [-0.2, -0.15) is 5.10 Å². The third-order valence-electron chi connectivity index (χ3n) is 6.70. The Bertz CT molecular complexity index is 1240. The minimum atomic E-state index is -1.10. The minimum Gasteiger partial charge on any atom is -0.484 e. The fourth-order valence-electron chi connectivity index (χ4n) is 5.11. The highest BCUT2D eigenvalue weighted by atomic mass is 16.5. The van der Waals surface area contributed by atoms with Crippen molar-refractivity contribution >= 4 is 22.8 Å². The lowest BCUT2D eigenvalue weighted by Gasteiger charge is -2.46. The Morgan fingerprint density at radius 3 is 2.81 bits per heavy atom. The third-order valence-corrected chi connectivity index (χ3v) is 6.70. The lowest BCUT2D eigenvalue weighted by atomic mass is 9.74. The Hall–Kier alpha value is -3.39. The van der Waals surface area contributed by atoms with Crippen LogP contribution in [-0.2, 0) is 15.1 Å². The molecule has 1 saturated heterocycles. The molecule has 8 heteroatoms. The first-order valence-electron chi connectivity index (χ1n) is 10.5. The molecule has 3 aliphatic heterocycles. The molecule has 1 amide bonds. The maximum absolute atomic E-state index is 13.5. The van der Waals surface area contributed by atoms with Gasteiger partial charge in [-0.05, 0) is 42.2 Å². The van der Waals surface area contributed by atoms with Gasteiger partial charge < -0.3 is 15.2 Å². The summed E-state index contributed by atoms with van der Waals surface area (Å²) in [5, 5.41) is 8.16. The van der Waals surface area contributed by atoms with Crippen molar-refractivity contribution in [1.29, 1.82) is 0 Å². The number of aromatic nitrogens is 2. The smallest absolute Gasteiger partial charge is 0.261 e. The van der Waals surface area contributed by atoms with Gasteiger partial charge in [0.1, 0.15) is 11.4 Å². The molecule has 0 radical (unpaired) electrons. The van der Waals surface area contributed by atoms with Gasteiger partial charge >= 0.3 is 0 Å². The summed E-state index contributed by atoms with van der Waals surface area (Å²) in [6.07, 6.45) is 3.92. The number of nitrogens with one attached hydrogen (secondary N) is 1. The van der Waals surface area contributed by atoms with E-state index in [-0.39, 0.29) is 11.9 Å². The number of rotatable bonds is 1. The fourth-order valence-corrected chi connectivity index (χ4v) is 5.11. The highest BCUT2D eigenvalue weighted by molar-refractivity contribution is 6.07. The highest BCUT2D eigenvalue weighted by Gasteiger charge is 2.58. The number of aromatic amines is 1. The summed E-state index contributed by atoms with van der Waals surface area (Å²) < 4.78 is 12.2. The van der Waals surface area contributed by atoms with Gasteiger partial charge in [-0.1, -0.05) is 18.2 Å². The second-order valence-electron chi connectivity index (χ2n) is 8.70. The zero-order chi connectivity index (χ0) is 21.2. The summed E-state index contributed by atoms with van der Waals surface area (Å²) in [4.78, 5) is 19.7. The summed E-state index contributed by atoms with van der Waals surface area (Å²) in [7, 11) is 1.67. The quantitative estimate of drug-likeness (QED) is 0.633. The molecule has 4 heterocycles. The molecule has 2 atom stereocenters. The number of nitrogens with zero attached hydrogens (tertiary/aromatic N) is 3. The number of guanidine groups is 1. The van der Waals surface area contributed by atoms with E-state index in [1.807, 2.05) is 30.3 Å². The number of aliphatic imine (C=N–C) groups is 1. The van der Waals surface area contributed by atoms with Crippen LogP contribution in [0.4, 0.5) is 0 Å². The van der Waals surface area contributed by atoms with Crippen LogP contribution in [0.15, 0.2) is 47.6 Å². The number of carbonyl (C=O) groups excluding carboxylic acids is 1. The van der Waals surface area contributed by atoms with Crippen LogP contribution < -0.4 is 10.5 Å². The standard InChI is InChI=1S/C23H23N5O3/c1-28-20(29)23(26-21(28)24)12-22(7-2-8-30-13-22)31-19-6-5-14(9-17(19)23)15-3-4-16-11-25-27-18(16)10-15/h3-6,9-11H,2,7-8,12-13H2,1H3,(H2,24,26)(H,25,27)/t22-,23-/m0/s1. The van der Waals surface area contributed by atoms with Gasteiger partial charge in [0.15, 0.2) is 11.5 Å². The van der Waals surface area contributed by atoms with Gasteiger partial charge in [0.2, 0.25) is 0 Å². The van der Waals surface area contributed by atoms with Crippen LogP contribution >= 0.6 is 0 Å². The molecular formula is C23H23N5O3. The average Bonchev–Trinajstić information content (AvgIpc) is 3.33. The van der Waals surface area contributed by atoms with E-state index in [1.165, 1.54) is 4.90 Å². The van der Waals surface area contributed by atoms with Gasteiger partial charge in [-0.25, -0.2) is 4.99 Å². The van der Waals surface area contributed by atoms with Crippen molar-refractivity contribution < 1.29 is 14.3 Å². The summed E-state index contributed by atoms with van der Waals surface area (Å²) in [6.45, 7) is 1.15. The molecule has 2 spiro atoms. The van der Waals surface area contributed by atoms with E-state index in [1.54, 1.807) is 13.2 Å². The maximum Gasteiger partial charge on any atom is 0.261 e. The summed E-state index contributed by atoms with van der Waals surface area (Å²) in [6, 6.07) is 12.1. The molecule has 0 bridgehead atoms. The Kier molecular flexibility index (Phi) is 3.74. The number of hydrogen-bond acceptors (Lipinski definition) is 6. The van der Waals surface area contributed by atoms with E-state index in [0.717, 1.165) is 40.4 Å². The molecule has 0 unspecified atom stereocenters. The summed E-state index contributed by atoms with van der Waals surface area (Å²) >= 11 is 0. The molecule has 3 N–H and O–H groups in total. The van der Waals surface area contributed by atoms with Crippen LogP contribution in [0.2, 0.25) is 0 Å². The predicted molar refractivity (Wildman–Crippen MR) is 116 cm³/mol. The first kappa shape index (κ1) is 18.4. The van der Waals surface area contributed by atoms with Crippen molar-refractivity contribution in [2.75, 3.05) is 20.3 Å². The van der Waals surface area contributed by atoms with Gasteiger partial charge in [0.05, 0.1) is 18.3 Å². The van der Waals surface area contributed by atoms with E-state index in [0.29, 0.717) is 25.4 Å². The Labute approximate surface area is 179 Å². The molecule has 31 heavy (non-hydrogen) atoms. The lowest BCUT2D eigenvalue weighted by Crippen LogP contribution is -2.55. The molecule has 6 rings (SSSR count). The van der Waals surface area contributed by atoms with Crippen molar-refractivity contribution in [3.8, 4) is 16.9 Å². The Morgan fingerprint density at radius 2 is 2.03 bits per heavy atom. The van der Waals surface area contributed by atoms with Crippen LogP contribution in [0.5, 0.6) is 5.75 Å². The van der Waals surface area contributed by atoms with Crippen molar-refractivity contribution in [3.63, 3.8) is 0 Å². The van der Waals surface area contributed by atoms with E-state index in [9.17, 15) is 4.79 Å². The number of nitrogens with two attached hydrogens (primary N) is 1. The predicted octanol–water partition coefficient (Wildman–Crippen LogP) is 2.54. The first-order chi connectivity index (χ1) is 15.0. The summed E-state index contributed by atoms with van der Waals surface area (Å²) in [5.41, 5.74) is 8.15. The second-order valence-corrected chi connectivity index (χ2v) is 8.70. The highest BCUT2D eigenvalue weighted by Crippen LogP contribution is 2.51. The number of benzene rings is 2. The van der Waals surface area contributed by atoms with Gasteiger partial charge in [0, 0.05) is 31.0 Å². The number of H-pyrrole nitrogens is 1. The molecule has 1 aromatic heterocycles. The monoisotopic (exact) mass is 417 g/mol. The Morgan fingerprint density at radius 1 is 1.19 bits per heavy atom. The van der Waals surface area contributed by atoms with Gasteiger partial charge in [-0.15, -0.1) is 0 Å². The molecule has 1 fully saturated rings. The van der Waals surface area contributed by atoms with Crippen LogP contribution in [0.25, 0.3) is 22.0 Å². The van der Waals surface area contributed by atoms with Crippen molar-refractivity contribution in [3.05, 3.63) is 48.2 Å². The topological polar surface area (TPSA) is 106 Å². The zero-order valence-electron chi connectivity index (χ0n) is 17.2. The minimum absolute atomic E-state index is 0.124. The normalized spacial score (nSPS) is 27.6. The number of likely N-dealkylation sites (N-methyl/N-ethyl adjacent to an activating group) is 1. The van der Waals surface area contributed by atoms with E-state index >= 15 is 0 Å². The SMILES string of the molecule is CN1C(=O)[C@@]2(C[C@]3(CCCOC3)Oc3ccc(-c4ccc5cn[nH]c5c4)cc32)N=C1N. The van der Waals surface area contributed by atoms with Gasteiger partial charge in [0.25, 0.3) is 5.91 Å². The van der Waals surface area contributed by atoms with E-state index < -0.39 is 11.1 Å². The van der Waals surface area contributed by atoms with E-state index in [4.69, 9.17) is 20.2 Å². The fraction of sp³-hybridized carbons (Fsp3) is 0.348.